The molecule has 0 spiro atoms. The first-order chi connectivity index (χ1) is 6.16. The maximum atomic E-state index is 3.13. The molecule has 0 heteroatoms. The van der Waals surface area contributed by atoms with Crippen LogP contribution in [0.3, 0.4) is 0 Å². The SMILES string of the molecule is CC=CCC#CC(C)=CCC(C)C. The molecule has 0 saturated carbocycles. The van der Waals surface area contributed by atoms with Crippen LogP contribution < -0.4 is 0 Å². The fraction of sp³-hybridized carbons (Fsp3) is 0.538. The standard InChI is InChI=1S/C13H20/c1-5-6-7-8-9-13(4)11-10-12(2)3/h5-6,11-12H,7,10H2,1-4H3. The summed E-state index contributed by atoms with van der Waals surface area (Å²) in [4.78, 5) is 0. The molecule has 0 atom stereocenters. The van der Waals surface area contributed by atoms with Gasteiger partial charge in [-0.3, -0.25) is 0 Å². The zero-order chi connectivity index (χ0) is 10.1. The van der Waals surface area contributed by atoms with Gasteiger partial charge in [-0.2, -0.15) is 0 Å². The molecular formula is C13H20. The summed E-state index contributed by atoms with van der Waals surface area (Å²) >= 11 is 0. The monoisotopic (exact) mass is 176 g/mol. The third kappa shape index (κ3) is 8.95. The maximum Gasteiger partial charge on any atom is 0.0273 e. The highest BCUT2D eigenvalue weighted by molar-refractivity contribution is 5.27. The molecule has 13 heavy (non-hydrogen) atoms. The summed E-state index contributed by atoms with van der Waals surface area (Å²) in [5.41, 5.74) is 1.19. The van der Waals surface area contributed by atoms with Gasteiger partial charge in [-0.15, -0.1) is 0 Å². The normalized spacial score (nSPS) is 11.9. The lowest BCUT2D eigenvalue weighted by molar-refractivity contribution is 0.662. The number of hydrogen-bond donors (Lipinski definition) is 0. The predicted molar refractivity (Wildman–Crippen MR) is 60.4 cm³/mol. The summed E-state index contributed by atoms with van der Waals surface area (Å²) in [6.45, 7) is 8.53. The van der Waals surface area contributed by atoms with E-state index in [-0.39, 0.29) is 0 Å². The highest BCUT2D eigenvalue weighted by atomic mass is 13.9. The molecule has 0 aliphatic rings. The minimum absolute atomic E-state index is 0.729. The molecule has 0 aromatic heterocycles. The molecule has 0 aromatic rings. The number of allylic oxidation sites excluding steroid dienone is 4. The molecule has 72 valence electrons. The lowest BCUT2D eigenvalue weighted by Gasteiger charge is -1.96. The van der Waals surface area contributed by atoms with Gasteiger partial charge in [0.25, 0.3) is 0 Å². The van der Waals surface area contributed by atoms with Crippen LogP contribution in [-0.4, -0.2) is 0 Å². The molecule has 0 heterocycles. The summed E-state index contributed by atoms with van der Waals surface area (Å²) in [5.74, 6) is 6.97. The lowest BCUT2D eigenvalue weighted by Crippen LogP contribution is -1.82. The van der Waals surface area contributed by atoms with E-state index in [0.29, 0.717) is 0 Å². The Morgan fingerprint density at radius 2 is 2.08 bits per heavy atom. The highest BCUT2D eigenvalue weighted by Crippen LogP contribution is 2.03. The van der Waals surface area contributed by atoms with E-state index in [1.54, 1.807) is 0 Å². The van der Waals surface area contributed by atoms with Gasteiger partial charge in [-0.25, -0.2) is 0 Å². The minimum Gasteiger partial charge on any atom is -0.0941 e. The number of rotatable bonds is 3. The van der Waals surface area contributed by atoms with E-state index in [1.807, 2.05) is 13.0 Å². The van der Waals surface area contributed by atoms with Crippen LogP contribution in [-0.2, 0) is 0 Å². The van der Waals surface area contributed by atoms with Gasteiger partial charge >= 0.3 is 0 Å². The smallest absolute Gasteiger partial charge is 0.0273 e. The van der Waals surface area contributed by atoms with Crippen molar-refractivity contribution in [3.05, 3.63) is 23.8 Å². The van der Waals surface area contributed by atoms with Crippen LogP contribution in [0.1, 0.15) is 40.5 Å². The van der Waals surface area contributed by atoms with Gasteiger partial charge in [0.2, 0.25) is 0 Å². The van der Waals surface area contributed by atoms with Gasteiger partial charge in [0.1, 0.15) is 0 Å². The first kappa shape index (κ1) is 12.0. The van der Waals surface area contributed by atoms with E-state index in [1.165, 1.54) is 5.57 Å². The fourth-order valence-electron chi connectivity index (χ4n) is 0.831. The Hall–Kier alpha value is -0.960. The van der Waals surface area contributed by atoms with Crippen molar-refractivity contribution < 1.29 is 0 Å². The van der Waals surface area contributed by atoms with Crippen molar-refractivity contribution in [2.45, 2.75) is 40.5 Å². The van der Waals surface area contributed by atoms with Gasteiger partial charge in [0.15, 0.2) is 0 Å². The summed E-state index contributed by atoms with van der Waals surface area (Å²) in [7, 11) is 0. The second-order valence-corrected chi connectivity index (χ2v) is 3.59. The highest BCUT2D eigenvalue weighted by Gasteiger charge is 1.88. The van der Waals surface area contributed by atoms with Crippen molar-refractivity contribution in [1.82, 2.24) is 0 Å². The molecule has 0 nitrogen and oxygen atoms in total. The van der Waals surface area contributed by atoms with Crippen LogP contribution in [0.4, 0.5) is 0 Å². The van der Waals surface area contributed by atoms with E-state index in [9.17, 15) is 0 Å². The fourth-order valence-corrected chi connectivity index (χ4v) is 0.831. The van der Waals surface area contributed by atoms with E-state index >= 15 is 0 Å². The Bertz CT molecular complexity index is 230. The average molecular weight is 176 g/mol. The number of hydrogen-bond acceptors (Lipinski definition) is 0. The minimum atomic E-state index is 0.729. The molecule has 0 radical (unpaired) electrons. The molecule has 0 fully saturated rings. The van der Waals surface area contributed by atoms with Crippen molar-refractivity contribution >= 4 is 0 Å². The first-order valence-electron chi connectivity index (χ1n) is 4.93. The molecule has 0 N–H and O–H groups in total. The second-order valence-electron chi connectivity index (χ2n) is 3.59. The molecule has 0 aliphatic carbocycles. The Kier molecular flexibility index (Phi) is 7.11. The lowest BCUT2D eigenvalue weighted by atomic mass is 10.1. The molecule has 0 unspecified atom stereocenters. The first-order valence-corrected chi connectivity index (χ1v) is 4.93. The molecule has 0 aromatic carbocycles. The van der Waals surface area contributed by atoms with E-state index in [4.69, 9.17) is 0 Å². The van der Waals surface area contributed by atoms with Crippen molar-refractivity contribution in [2.24, 2.45) is 5.92 Å². The van der Waals surface area contributed by atoms with Gasteiger partial charge in [0.05, 0.1) is 0 Å². The summed E-state index contributed by atoms with van der Waals surface area (Å²) in [5, 5.41) is 0. The molecule has 0 bridgehead atoms. The maximum absolute atomic E-state index is 3.13. The summed E-state index contributed by atoms with van der Waals surface area (Å²) in [6, 6.07) is 0. The van der Waals surface area contributed by atoms with Crippen molar-refractivity contribution in [2.75, 3.05) is 0 Å². The Morgan fingerprint density at radius 3 is 2.62 bits per heavy atom. The second kappa shape index (κ2) is 7.68. The van der Waals surface area contributed by atoms with Crippen LogP contribution in [0.2, 0.25) is 0 Å². The largest absolute Gasteiger partial charge is 0.0941 e. The van der Waals surface area contributed by atoms with E-state index < -0.39 is 0 Å². The van der Waals surface area contributed by atoms with Crippen LogP contribution in [0.5, 0.6) is 0 Å². The molecule has 0 amide bonds. The quantitative estimate of drug-likeness (QED) is 0.451. The third-order valence-electron chi connectivity index (χ3n) is 1.64. The van der Waals surface area contributed by atoms with Gasteiger partial charge in [-0.05, 0) is 31.8 Å². The Balaban J connectivity index is 3.87. The predicted octanol–water partition coefficient (Wildman–Crippen LogP) is 3.95. The van der Waals surface area contributed by atoms with Gasteiger partial charge in [-0.1, -0.05) is 43.9 Å². The summed E-state index contributed by atoms with van der Waals surface area (Å²) < 4.78 is 0. The molecular weight excluding hydrogens is 156 g/mol. The average Bonchev–Trinajstić information content (AvgIpc) is 2.09. The van der Waals surface area contributed by atoms with Crippen LogP contribution in [0.15, 0.2) is 23.8 Å². The van der Waals surface area contributed by atoms with Crippen molar-refractivity contribution in [3.63, 3.8) is 0 Å². The third-order valence-corrected chi connectivity index (χ3v) is 1.64. The molecule has 0 saturated heterocycles. The van der Waals surface area contributed by atoms with Crippen molar-refractivity contribution in [3.8, 4) is 11.8 Å². The van der Waals surface area contributed by atoms with Crippen LogP contribution >= 0.6 is 0 Å². The zero-order valence-corrected chi connectivity index (χ0v) is 9.22. The topological polar surface area (TPSA) is 0 Å². The van der Waals surface area contributed by atoms with Crippen LogP contribution in [0.25, 0.3) is 0 Å². The van der Waals surface area contributed by atoms with Crippen molar-refractivity contribution in [1.29, 1.82) is 0 Å². The van der Waals surface area contributed by atoms with E-state index in [2.05, 4.69) is 44.8 Å². The zero-order valence-electron chi connectivity index (χ0n) is 9.22. The van der Waals surface area contributed by atoms with Gasteiger partial charge < -0.3 is 0 Å². The molecule has 0 aliphatic heterocycles. The van der Waals surface area contributed by atoms with Gasteiger partial charge in [0, 0.05) is 6.42 Å². The molecule has 0 rings (SSSR count). The van der Waals surface area contributed by atoms with E-state index in [0.717, 1.165) is 18.8 Å². The van der Waals surface area contributed by atoms with Crippen LogP contribution in [0, 0.1) is 17.8 Å². The summed E-state index contributed by atoms with van der Waals surface area (Å²) in [6.07, 6.45) is 8.31. The Labute approximate surface area is 82.7 Å². The Morgan fingerprint density at radius 1 is 1.38 bits per heavy atom.